The number of nitrogens with zero attached hydrogens (tertiary/aromatic N) is 2. The highest BCUT2D eigenvalue weighted by atomic mass is 19.3. The van der Waals surface area contributed by atoms with Gasteiger partial charge in [0.05, 0.1) is 22.7 Å². The van der Waals surface area contributed by atoms with Crippen LogP contribution < -0.4 is 5.23 Å². The Labute approximate surface area is 183 Å². The van der Waals surface area contributed by atoms with Gasteiger partial charge in [-0.15, -0.1) is 5.23 Å². The number of hydrogen-bond acceptors (Lipinski definition) is 4. The average molecular weight is 431 g/mol. The van der Waals surface area contributed by atoms with Gasteiger partial charge in [-0.3, -0.25) is 4.98 Å². The lowest BCUT2D eigenvalue weighted by molar-refractivity contribution is -0.105. The van der Waals surface area contributed by atoms with E-state index in [9.17, 15) is 0 Å². The van der Waals surface area contributed by atoms with Crippen LogP contribution >= 0.6 is 0 Å². The van der Waals surface area contributed by atoms with Gasteiger partial charge in [-0.25, -0.2) is 18.5 Å². The minimum Gasteiger partial charge on any atom is -0.254 e. The number of benzene rings is 1. The number of aryl methyl sites for hydroxylation is 1. The summed E-state index contributed by atoms with van der Waals surface area (Å²) in [6.07, 6.45) is 1.71. The SMILES string of the molecule is Cc1cc(-c2ccc3c(c2)C(C)(C)C(F)(F)C3(C)C)ncc1N1OC(C)(C)C(C)(C)O1. The van der Waals surface area contributed by atoms with Crippen molar-refractivity contribution in [3.05, 3.63) is 47.2 Å². The van der Waals surface area contributed by atoms with Gasteiger partial charge in [0.25, 0.3) is 5.92 Å². The molecule has 0 unspecified atom stereocenters. The molecule has 1 aromatic heterocycles. The Bertz CT molecular complexity index is 1040. The maximum absolute atomic E-state index is 15.2. The second kappa shape index (κ2) is 6.26. The van der Waals surface area contributed by atoms with Crippen molar-refractivity contribution in [2.45, 2.75) is 90.3 Å². The number of hydrogen-bond donors (Lipinski definition) is 0. The molecular formula is C25H32F2N2O2. The zero-order valence-electron chi connectivity index (χ0n) is 19.9. The molecule has 1 saturated heterocycles. The average Bonchev–Trinajstić information content (AvgIpc) is 2.92. The van der Waals surface area contributed by atoms with Crippen molar-refractivity contribution in [3.63, 3.8) is 0 Å². The Morgan fingerprint density at radius 3 is 1.90 bits per heavy atom. The summed E-state index contributed by atoms with van der Waals surface area (Å²) in [7, 11) is 0. The highest BCUT2D eigenvalue weighted by Gasteiger charge is 2.65. The van der Waals surface area contributed by atoms with Crippen molar-refractivity contribution in [2.75, 3.05) is 5.23 Å². The monoisotopic (exact) mass is 430 g/mol. The third-order valence-corrected chi connectivity index (χ3v) is 7.58. The molecule has 4 rings (SSSR count). The van der Waals surface area contributed by atoms with E-state index >= 15 is 8.78 Å². The van der Waals surface area contributed by atoms with Gasteiger partial charge in [0.2, 0.25) is 0 Å². The van der Waals surface area contributed by atoms with Gasteiger partial charge in [0.15, 0.2) is 0 Å². The molecule has 2 heterocycles. The normalized spacial score (nSPS) is 24.3. The molecule has 0 N–H and O–H groups in total. The van der Waals surface area contributed by atoms with Crippen LogP contribution in [0.4, 0.5) is 14.5 Å². The minimum absolute atomic E-state index is 0.498. The van der Waals surface area contributed by atoms with Gasteiger partial charge < -0.3 is 0 Å². The lowest BCUT2D eigenvalue weighted by Crippen LogP contribution is -2.46. The van der Waals surface area contributed by atoms with E-state index in [0.29, 0.717) is 11.1 Å². The molecule has 4 nitrogen and oxygen atoms in total. The summed E-state index contributed by atoms with van der Waals surface area (Å²) in [6, 6.07) is 7.52. The van der Waals surface area contributed by atoms with Gasteiger partial charge in [-0.1, -0.05) is 12.1 Å². The highest BCUT2D eigenvalue weighted by Crippen LogP contribution is 2.59. The summed E-state index contributed by atoms with van der Waals surface area (Å²) in [4.78, 5) is 16.6. The largest absolute Gasteiger partial charge is 0.266 e. The van der Waals surface area contributed by atoms with E-state index < -0.39 is 28.0 Å². The van der Waals surface area contributed by atoms with Crippen LogP contribution in [0, 0.1) is 6.92 Å². The van der Waals surface area contributed by atoms with Crippen molar-refractivity contribution in [1.29, 1.82) is 0 Å². The van der Waals surface area contributed by atoms with Crippen molar-refractivity contribution < 1.29 is 18.5 Å². The summed E-state index contributed by atoms with van der Waals surface area (Å²) < 4.78 is 30.4. The zero-order valence-corrected chi connectivity index (χ0v) is 19.9. The Balaban J connectivity index is 1.72. The molecule has 31 heavy (non-hydrogen) atoms. The Kier molecular flexibility index (Phi) is 4.47. The second-order valence-electron chi connectivity index (χ2n) is 10.9. The van der Waals surface area contributed by atoms with Crippen LogP contribution in [0.3, 0.4) is 0 Å². The first-order valence-corrected chi connectivity index (χ1v) is 10.7. The molecule has 1 aliphatic heterocycles. The molecule has 6 heteroatoms. The van der Waals surface area contributed by atoms with Crippen molar-refractivity contribution in [3.8, 4) is 11.3 Å². The number of pyridine rings is 1. The molecule has 2 aromatic rings. The molecule has 0 radical (unpaired) electrons. The number of rotatable bonds is 2. The molecule has 168 valence electrons. The van der Waals surface area contributed by atoms with E-state index in [1.54, 1.807) is 33.9 Å². The zero-order chi connectivity index (χ0) is 23.2. The molecule has 1 aromatic carbocycles. The third-order valence-electron chi connectivity index (χ3n) is 7.58. The first kappa shape index (κ1) is 22.2. The predicted molar refractivity (Wildman–Crippen MR) is 118 cm³/mol. The van der Waals surface area contributed by atoms with Crippen LogP contribution in [0.2, 0.25) is 0 Å². The quantitative estimate of drug-likeness (QED) is 0.545. The molecule has 1 aliphatic carbocycles. The molecule has 0 amide bonds. The van der Waals surface area contributed by atoms with Gasteiger partial charge >= 0.3 is 0 Å². The van der Waals surface area contributed by atoms with Crippen molar-refractivity contribution >= 4 is 5.69 Å². The van der Waals surface area contributed by atoms with Crippen LogP contribution in [-0.4, -0.2) is 22.1 Å². The van der Waals surface area contributed by atoms with E-state index in [0.717, 1.165) is 22.5 Å². The number of aromatic nitrogens is 1. The standard InChI is InChI=1S/C25H32F2N2O2/c1-15-12-19(28-14-20(15)29-30-23(6,7)24(8,9)31-29)16-10-11-17-18(13-16)22(4,5)25(26,27)21(17,2)3/h10-14H,1-9H3. The van der Waals surface area contributed by atoms with Gasteiger partial charge in [-0.05, 0) is 91.1 Å². The third kappa shape index (κ3) is 2.87. The first-order valence-electron chi connectivity index (χ1n) is 10.7. The molecular weight excluding hydrogens is 398 g/mol. The molecule has 0 bridgehead atoms. The predicted octanol–water partition coefficient (Wildman–Crippen LogP) is 6.50. The fraction of sp³-hybridized carbons (Fsp3) is 0.560. The lowest BCUT2D eigenvalue weighted by Gasteiger charge is -2.35. The van der Waals surface area contributed by atoms with Gasteiger partial charge in [-0.2, -0.15) is 0 Å². The fourth-order valence-electron chi connectivity index (χ4n) is 4.53. The molecule has 0 spiro atoms. The molecule has 2 aliphatic rings. The summed E-state index contributed by atoms with van der Waals surface area (Å²) in [6.45, 7) is 16.4. The van der Waals surface area contributed by atoms with E-state index in [1.165, 1.54) is 5.23 Å². The topological polar surface area (TPSA) is 34.6 Å². The first-order chi connectivity index (χ1) is 14.0. The maximum atomic E-state index is 15.2. The lowest BCUT2D eigenvalue weighted by atomic mass is 9.77. The minimum atomic E-state index is -2.85. The Morgan fingerprint density at radius 1 is 0.806 bits per heavy atom. The molecule has 0 atom stereocenters. The Morgan fingerprint density at radius 2 is 1.35 bits per heavy atom. The van der Waals surface area contributed by atoms with Crippen LogP contribution in [0.1, 0.15) is 72.1 Å². The summed E-state index contributed by atoms with van der Waals surface area (Å²) in [5.41, 5.74) is 1.09. The number of anilines is 1. The number of halogens is 2. The number of fused-ring (bicyclic) bond motifs is 1. The molecule has 1 fully saturated rings. The van der Waals surface area contributed by atoms with Crippen LogP contribution in [-0.2, 0) is 20.5 Å². The van der Waals surface area contributed by atoms with E-state index in [2.05, 4.69) is 4.98 Å². The molecule has 0 saturated carbocycles. The fourth-order valence-corrected chi connectivity index (χ4v) is 4.53. The summed E-state index contributed by atoms with van der Waals surface area (Å²) in [5, 5.41) is 1.43. The maximum Gasteiger partial charge on any atom is 0.266 e. The summed E-state index contributed by atoms with van der Waals surface area (Å²) in [5.74, 6) is -2.85. The Hall–Kier alpha value is -2.05. The van der Waals surface area contributed by atoms with Gasteiger partial charge in [0, 0.05) is 5.56 Å². The van der Waals surface area contributed by atoms with Gasteiger partial charge in [0.1, 0.15) is 16.9 Å². The smallest absolute Gasteiger partial charge is 0.254 e. The van der Waals surface area contributed by atoms with Crippen LogP contribution in [0.5, 0.6) is 0 Å². The van der Waals surface area contributed by atoms with E-state index in [1.807, 2.05) is 58.9 Å². The van der Waals surface area contributed by atoms with Crippen LogP contribution in [0.15, 0.2) is 30.5 Å². The number of alkyl halides is 2. The highest BCUT2D eigenvalue weighted by molar-refractivity contribution is 5.67. The van der Waals surface area contributed by atoms with Crippen molar-refractivity contribution in [2.24, 2.45) is 0 Å². The summed E-state index contributed by atoms with van der Waals surface area (Å²) >= 11 is 0. The second-order valence-corrected chi connectivity index (χ2v) is 10.9. The van der Waals surface area contributed by atoms with E-state index in [4.69, 9.17) is 9.68 Å². The van der Waals surface area contributed by atoms with Crippen LogP contribution in [0.25, 0.3) is 11.3 Å². The van der Waals surface area contributed by atoms with Crippen molar-refractivity contribution in [1.82, 2.24) is 4.98 Å². The van der Waals surface area contributed by atoms with E-state index in [-0.39, 0.29) is 0 Å².